The summed E-state index contributed by atoms with van der Waals surface area (Å²) in [5.41, 5.74) is 1.34. The topological polar surface area (TPSA) is 237 Å². The number of nitrogens with one attached hydrogen (secondary N) is 4. The largest absolute Gasteiger partial charge is 0.505 e. The van der Waals surface area contributed by atoms with Crippen LogP contribution in [0.5, 0.6) is 5.75 Å². The van der Waals surface area contributed by atoms with Crippen LogP contribution in [0.1, 0.15) is 67.2 Å². The van der Waals surface area contributed by atoms with Crippen LogP contribution in [0.4, 0.5) is 5.69 Å². The van der Waals surface area contributed by atoms with Crippen LogP contribution in [0, 0.1) is 0 Å². The van der Waals surface area contributed by atoms with Gasteiger partial charge in [-0.15, -0.1) is 0 Å². The number of ketones is 1. The Morgan fingerprint density at radius 2 is 1.56 bits per heavy atom. The summed E-state index contributed by atoms with van der Waals surface area (Å²) >= 11 is 0. The van der Waals surface area contributed by atoms with Gasteiger partial charge in [-0.2, -0.15) is 0 Å². The summed E-state index contributed by atoms with van der Waals surface area (Å²) in [5.74, 6) is -6.42. The zero-order chi connectivity index (χ0) is 44.0. The number of piperidine rings is 1. The molecule has 0 saturated carbocycles. The Kier molecular flexibility index (Phi) is 13.6. The van der Waals surface area contributed by atoms with Crippen molar-refractivity contribution >= 4 is 52.9 Å². The Morgan fingerprint density at radius 3 is 2.25 bits per heavy atom. The van der Waals surface area contributed by atoms with E-state index in [1.807, 2.05) is 12.1 Å². The number of esters is 1. The van der Waals surface area contributed by atoms with E-state index in [1.165, 1.54) is 53.9 Å². The number of cyclic esters (lactones) is 1. The maximum Gasteiger partial charge on any atom is 0.333 e. The van der Waals surface area contributed by atoms with Crippen molar-refractivity contribution in [2.45, 2.75) is 88.3 Å². The monoisotopic (exact) mass is 838 g/mol. The number of aromatic nitrogens is 1. The molecule has 2 aromatic carbocycles. The summed E-state index contributed by atoms with van der Waals surface area (Å²) < 4.78 is 5.81. The fraction of sp³-hybridized carbons (Fsp3) is 0.419. The van der Waals surface area contributed by atoms with Gasteiger partial charge in [-0.1, -0.05) is 42.5 Å². The number of Topliss-reactive ketones (excluding diaryl/α,β-unsaturated/α-hetero) is 1. The van der Waals surface area contributed by atoms with E-state index in [0.29, 0.717) is 12.0 Å². The van der Waals surface area contributed by atoms with Crippen molar-refractivity contribution < 1.29 is 48.2 Å². The van der Waals surface area contributed by atoms with Crippen molar-refractivity contribution in [2.75, 3.05) is 32.5 Å². The van der Waals surface area contributed by atoms with Crippen LogP contribution >= 0.6 is 0 Å². The molecule has 61 heavy (non-hydrogen) atoms. The molecule has 0 bridgehead atoms. The van der Waals surface area contributed by atoms with E-state index in [4.69, 9.17) is 4.74 Å². The van der Waals surface area contributed by atoms with E-state index in [-0.39, 0.29) is 50.1 Å². The second kappa shape index (κ2) is 19.0. The highest BCUT2D eigenvalue weighted by Crippen LogP contribution is 2.26. The number of aromatic hydroxyl groups is 1. The standard InChI is InChI=1S/C43H50N8O10/c1-24-40(57)50-20-9-12-30(50)41(58)49(4)32(22-26-14-16-28(44-3)17-15-26)42(59)51-21-18-29(52)23-31(51)37(54)48-35(27-10-6-5-7-11-27)43(60)61-25(2)34(38(55)46-24)47-39(56)36-33(53)13-8-19-45-36/h5-8,10-11,13-17,19,24-25,30-32,34-35,44,53H,9,12,18,20-23H2,1-4H3,(H,46,55)(H,47,56)(H,48,54)/t24-,25-,30+,31+,32+,34+,35+/m1/s1. The van der Waals surface area contributed by atoms with Crippen molar-refractivity contribution in [3.8, 4) is 5.75 Å². The molecule has 5 N–H and O–H groups in total. The lowest BCUT2D eigenvalue weighted by Gasteiger charge is -2.40. The van der Waals surface area contributed by atoms with Gasteiger partial charge in [0.25, 0.3) is 5.91 Å². The van der Waals surface area contributed by atoms with E-state index in [1.54, 1.807) is 49.5 Å². The molecule has 3 fully saturated rings. The van der Waals surface area contributed by atoms with Gasteiger partial charge in [0.05, 0.1) is 0 Å². The molecule has 0 spiro atoms. The number of hydrogen-bond acceptors (Lipinski definition) is 12. The van der Waals surface area contributed by atoms with Crippen LogP contribution in [0.3, 0.4) is 0 Å². The van der Waals surface area contributed by atoms with Crippen LogP contribution in [-0.2, 0) is 44.7 Å². The molecule has 0 radical (unpaired) electrons. The maximum atomic E-state index is 14.9. The number of pyridine rings is 1. The van der Waals surface area contributed by atoms with E-state index in [0.717, 1.165) is 5.69 Å². The van der Waals surface area contributed by atoms with Gasteiger partial charge in [0.2, 0.25) is 29.5 Å². The zero-order valence-corrected chi connectivity index (χ0v) is 34.3. The molecule has 1 aromatic heterocycles. The molecule has 0 aliphatic carbocycles. The SMILES string of the molecule is CNc1ccc(C[C@H]2C(=O)N3CCC(=O)C[C@H]3C(=O)N[C@@H](c3ccccc3)C(=O)O[C@H](C)[C@H](NC(=O)c3ncccc3O)C(=O)N[C@H](C)C(=O)N3CCC[C@H]3C(=O)N2C)cc1. The van der Waals surface area contributed by atoms with Gasteiger partial charge >= 0.3 is 5.97 Å². The number of fused-ring (bicyclic) bond motifs is 2. The highest BCUT2D eigenvalue weighted by atomic mass is 16.5. The first kappa shape index (κ1) is 43.7. The highest BCUT2D eigenvalue weighted by Gasteiger charge is 2.45. The fourth-order valence-electron chi connectivity index (χ4n) is 7.89. The molecule has 6 amide bonds. The number of ether oxygens (including phenoxy) is 1. The highest BCUT2D eigenvalue weighted by molar-refractivity contribution is 6.01. The third-order valence-electron chi connectivity index (χ3n) is 11.3. The molecule has 18 nitrogen and oxygen atoms in total. The Morgan fingerprint density at radius 1 is 0.852 bits per heavy atom. The van der Waals surface area contributed by atoms with Gasteiger partial charge in [0.1, 0.15) is 47.8 Å². The first-order valence-electron chi connectivity index (χ1n) is 20.2. The number of carbonyl (C=O) groups excluding carboxylic acids is 8. The lowest BCUT2D eigenvalue weighted by atomic mass is 9.95. The van der Waals surface area contributed by atoms with E-state index < -0.39 is 95.2 Å². The van der Waals surface area contributed by atoms with Crippen LogP contribution in [0.2, 0.25) is 0 Å². The number of anilines is 1. The average molecular weight is 839 g/mol. The van der Waals surface area contributed by atoms with Gasteiger partial charge < -0.3 is 45.8 Å². The smallest absolute Gasteiger partial charge is 0.333 e. The van der Waals surface area contributed by atoms with E-state index in [9.17, 15) is 43.5 Å². The lowest BCUT2D eigenvalue weighted by molar-refractivity contribution is -0.156. The van der Waals surface area contributed by atoms with Gasteiger partial charge in [-0.25, -0.2) is 9.78 Å². The molecular formula is C43H50N8O10. The number of rotatable bonds is 6. The van der Waals surface area contributed by atoms with Crippen molar-refractivity contribution in [3.05, 3.63) is 89.7 Å². The minimum Gasteiger partial charge on any atom is -0.505 e. The first-order valence-corrected chi connectivity index (χ1v) is 20.2. The van der Waals surface area contributed by atoms with Crippen molar-refractivity contribution in [1.82, 2.24) is 35.6 Å². The van der Waals surface area contributed by atoms with E-state index >= 15 is 0 Å². The van der Waals surface area contributed by atoms with Crippen LogP contribution in [0.15, 0.2) is 72.9 Å². The molecule has 6 rings (SSSR count). The second-order valence-corrected chi connectivity index (χ2v) is 15.4. The number of carbonyl (C=O) groups is 8. The van der Waals surface area contributed by atoms with Gasteiger partial charge in [0.15, 0.2) is 11.7 Å². The number of hydrogen-bond donors (Lipinski definition) is 5. The molecule has 0 unspecified atom stereocenters. The number of likely N-dealkylation sites (N-methyl/N-ethyl adjacent to an activating group) is 1. The fourth-order valence-corrected chi connectivity index (χ4v) is 7.89. The predicted octanol–water partition coefficient (Wildman–Crippen LogP) is 0.856. The van der Waals surface area contributed by atoms with Gasteiger partial charge in [0, 0.05) is 58.3 Å². The number of benzene rings is 2. The summed E-state index contributed by atoms with van der Waals surface area (Å²) in [7, 11) is 3.22. The zero-order valence-electron chi connectivity index (χ0n) is 34.3. The molecule has 322 valence electrons. The Bertz CT molecular complexity index is 2170. The van der Waals surface area contributed by atoms with Crippen molar-refractivity contribution in [1.29, 1.82) is 0 Å². The molecule has 3 aliphatic heterocycles. The summed E-state index contributed by atoms with van der Waals surface area (Å²) in [4.78, 5) is 120. The summed E-state index contributed by atoms with van der Waals surface area (Å²) in [6, 6.07) is 9.79. The van der Waals surface area contributed by atoms with Crippen molar-refractivity contribution in [3.63, 3.8) is 0 Å². The Hall–Kier alpha value is -6.85. The second-order valence-electron chi connectivity index (χ2n) is 15.4. The number of amides is 6. The molecule has 3 aromatic rings. The first-order chi connectivity index (χ1) is 29.2. The minimum absolute atomic E-state index is 0.0250. The summed E-state index contributed by atoms with van der Waals surface area (Å²) in [6.07, 6.45) is 0.0883. The molecular weight excluding hydrogens is 789 g/mol. The summed E-state index contributed by atoms with van der Waals surface area (Å²) in [6.45, 7) is 2.75. The van der Waals surface area contributed by atoms with Crippen molar-refractivity contribution in [2.24, 2.45) is 0 Å². The maximum absolute atomic E-state index is 14.9. The minimum atomic E-state index is -1.68. The Labute approximate surface area is 352 Å². The molecule has 4 heterocycles. The van der Waals surface area contributed by atoms with Gasteiger partial charge in [-0.3, -0.25) is 33.6 Å². The molecule has 7 atom stereocenters. The van der Waals surface area contributed by atoms with Gasteiger partial charge in [-0.05, 0) is 62.1 Å². The quantitative estimate of drug-likeness (QED) is 0.218. The molecule has 3 saturated heterocycles. The normalized spacial score (nSPS) is 25.9. The molecule has 3 aliphatic rings. The molecule has 18 heteroatoms. The lowest BCUT2D eigenvalue weighted by Crippen LogP contribution is -2.61. The number of nitrogens with zero attached hydrogens (tertiary/aromatic N) is 4. The summed E-state index contributed by atoms with van der Waals surface area (Å²) in [5, 5.41) is 21.1. The van der Waals surface area contributed by atoms with Crippen LogP contribution in [0.25, 0.3) is 0 Å². The Balaban J connectivity index is 1.42. The average Bonchev–Trinajstić information content (AvgIpc) is 3.75. The third-order valence-corrected chi connectivity index (χ3v) is 11.3. The van der Waals surface area contributed by atoms with Crippen LogP contribution < -0.4 is 21.3 Å². The van der Waals surface area contributed by atoms with Crippen LogP contribution in [-0.4, -0.2) is 135 Å². The predicted molar refractivity (Wildman–Crippen MR) is 218 cm³/mol. The third kappa shape index (κ3) is 9.80. The van der Waals surface area contributed by atoms with E-state index in [2.05, 4.69) is 26.3 Å².